The van der Waals surface area contributed by atoms with Crippen molar-refractivity contribution in [2.45, 2.75) is 25.3 Å². The fourth-order valence-electron chi connectivity index (χ4n) is 2.01. The monoisotopic (exact) mass is 225 g/mol. The minimum absolute atomic E-state index is 0.00430. The first-order valence-corrected chi connectivity index (χ1v) is 5.51. The van der Waals surface area contributed by atoms with Gasteiger partial charge in [0.25, 0.3) is 0 Å². The van der Waals surface area contributed by atoms with E-state index in [-0.39, 0.29) is 30.7 Å². The van der Waals surface area contributed by atoms with Gasteiger partial charge in [-0.3, -0.25) is 25.0 Å². The number of rotatable bonds is 3. The molecule has 2 rings (SSSR count). The Kier molecular flexibility index (Phi) is 3.19. The lowest BCUT2D eigenvalue weighted by atomic mass is 10.2. The van der Waals surface area contributed by atoms with Crippen LogP contribution in [0.5, 0.6) is 0 Å². The summed E-state index contributed by atoms with van der Waals surface area (Å²) in [5.74, 6) is -0.611. The number of hydrogen-bond donors (Lipinski definition) is 2. The Morgan fingerprint density at radius 3 is 2.62 bits per heavy atom. The van der Waals surface area contributed by atoms with E-state index in [9.17, 15) is 14.4 Å². The molecule has 0 bridgehead atoms. The number of nitrogens with one attached hydrogen (secondary N) is 2. The molecular weight excluding hydrogens is 210 g/mol. The van der Waals surface area contributed by atoms with Crippen LogP contribution in [0.3, 0.4) is 0 Å². The van der Waals surface area contributed by atoms with Crippen LogP contribution in [-0.4, -0.2) is 48.3 Å². The largest absolute Gasteiger partial charge is 0.342 e. The Labute approximate surface area is 93.4 Å². The summed E-state index contributed by atoms with van der Waals surface area (Å²) in [4.78, 5) is 35.5. The molecule has 2 aliphatic rings. The zero-order valence-corrected chi connectivity index (χ0v) is 8.99. The molecule has 0 aromatic rings. The molecule has 88 valence electrons. The molecule has 3 amide bonds. The van der Waals surface area contributed by atoms with Crippen molar-refractivity contribution in [2.24, 2.45) is 0 Å². The summed E-state index contributed by atoms with van der Waals surface area (Å²) in [5.41, 5.74) is 0. The van der Waals surface area contributed by atoms with Gasteiger partial charge in [-0.05, 0) is 12.8 Å². The van der Waals surface area contributed by atoms with E-state index in [1.54, 1.807) is 4.90 Å². The molecule has 0 saturated carbocycles. The number of imide groups is 1. The fourth-order valence-corrected chi connectivity index (χ4v) is 2.01. The first kappa shape index (κ1) is 11.1. The van der Waals surface area contributed by atoms with Crippen LogP contribution in [0.4, 0.5) is 0 Å². The summed E-state index contributed by atoms with van der Waals surface area (Å²) in [6.45, 7) is 1.73. The molecule has 2 saturated heterocycles. The standard InChI is InChI=1S/C10H15N3O3/c14-8-5-7(10(16)12-8)11-6-9(15)13-3-1-2-4-13/h7,11H,1-6H2,(H,12,14,16). The van der Waals surface area contributed by atoms with Gasteiger partial charge in [0, 0.05) is 13.1 Å². The van der Waals surface area contributed by atoms with E-state index in [2.05, 4.69) is 10.6 Å². The number of amides is 3. The van der Waals surface area contributed by atoms with Crippen LogP contribution < -0.4 is 10.6 Å². The van der Waals surface area contributed by atoms with Gasteiger partial charge in [0.2, 0.25) is 17.7 Å². The molecule has 16 heavy (non-hydrogen) atoms. The minimum atomic E-state index is -0.543. The minimum Gasteiger partial charge on any atom is -0.342 e. The highest BCUT2D eigenvalue weighted by molar-refractivity contribution is 6.05. The number of carbonyl (C=O) groups excluding carboxylic acids is 3. The maximum atomic E-state index is 11.6. The number of likely N-dealkylation sites (tertiary alicyclic amines) is 1. The molecule has 1 atom stereocenters. The molecule has 0 spiro atoms. The molecule has 2 fully saturated rings. The van der Waals surface area contributed by atoms with Gasteiger partial charge in [-0.2, -0.15) is 0 Å². The molecule has 2 heterocycles. The maximum Gasteiger partial charge on any atom is 0.244 e. The molecule has 6 nitrogen and oxygen atoms in total. The Bertz CT molecular complexity index is 323. The summed E-state index contributed by atoms with van der Waals surface area (Å²) in [6.07, 6.45) is 2.23. The molecular formula is C10H15N3O3. The summed E-state index contributed by atoms with van der Waals surface area (Å²) in [6, 6.07) is -0.543. The van der Waals surface area contributed by atoms with E-state index in [1.807, 2.05) is 0 Å². The third kappa shape index (κ3) is 2.38. The second-order valence-corrected chi connectivity index (χ2v) is 4.14. The van der Waals surface area contributed by atoms with Crippen molar-refractivity contribution in [1.82, 2.24) is 15.5 Å². The fraction of sp³-hybridized carbons (Fsp3) is 0.700. The summed E-state index contributed by atoms with van der Waals surface area (Å²) >= 11 is 0. The van der Waals surface area contributed by atoms with E-state index in [1.165, 1.54) is 0 Å². The molecule has 1 unspecified atom stereocenters. The topological polar surface area (TPSA) is 78.5 Å². The van der Waals surface area contributed by atoms with Gasteiger partial charge in [-0.15, -0.1) is 0 Å². The molecule has 2 aliphatic heterocycles. The Morgan fingerprint density at radius 2 is 2.06 bits per heavy atom. The molecule has 2 N–H and O–H groups in total. The normalized spacial score (nSPS) is 25.0. The highest BCUT2D eigenvalue weighted by Gasteiger charge is 2.30. The zero-order chi connectivity index (χ0) is 11.5. The van der Waals surface area contributed by atoms with Crippen LogP contribution in [0.2, 0.25) is 0 Å². The van der Waals surface area contributed by atoms with E-state index >= 15 is 0 Å². The van der Waals surface area contributed by atoms with Crippen molar-refractivity contribution in [3.05, 3.63) is 0 Å². The lowest BCUT2D eigenvalue weighted by molar-refractivity contribution is -0.129. The van der Waals surface area contributed by atoms with Crippen LogP contribution in [0, 0.1) is 0 Å². The second kappa shape index (κ2) is 4.61. The van der Waals surface area contributed by atoms with E-state index in [0.717, 1.165) is 25.9 Å². The lowest BCUT2D eigenvalue weighted by Gasteiger charge is -2.16. The average Bonchev–Trinajstić information content (AvgIpc) is 2.84. The van der Waals surface area contributed by atoms with Crippen molar-refractivity contribution < 1.29 is 14.4 Å². The van der Waals surface area contributed by atoms with Crippen molar-refractivity contribution in [1.29, 1.82) is 0 Å². The van der Waals surface area contributed by atoms with Crippen LogP contribution in [0.15, 0.2) is 0 Å². The Hall–Kier alpha value is -1.43. The highest BCUT2D eigenvalue weighted by atomic mass is 16.2. The lowest BCUT2D eigenvalue weighted by Crippen LogP contribution is -2.43. The van der Waals surface area contributed by atoms with Gasteiger partial charge < -0.3 is 4.90 Å². The van der Waals surface area contributed by atoms with Gasteiger partial charge in [-0.1, -0.05) is 0 Å². The summed E-state index contributed by atoms with van der Waals surface area (Å²) in [7, 11) is 0. The second-order valence-electron chi connectivity index (χ2n) is 4.14. The highest BCUT2D eigenvalue weighted by Crippen LogP contribution is 2.07. The number of carbonyl (C=O) groups is 3. The van der Waals surface area contributed by atoms with Crippen LogP contribution in [0.1, 0.15) is 19.3 Å². The first-order chi connectivity index (χ1) is 7.66. The van der Waals surface area contributed by atoms with Gasteiger partial charge in [0.15, 0.2) is 0 Å². The van der Waals surface area contributed by atoms with Crippen LogP contribution in [-0.2, 0) is 14.4 Å². The third-order valence-electron chi connectivity index (χ3n) is 2.93. The molecule has 6 heteroatoms. The maximum absolute atomic E-state index is 11.6. The van der Waals surface area contributed by atoms with Crippen molar-refractivity contribution in [3.8, 4) is 0 Å². The predicted molar refractivity (Wildman–Crippen MR) is 55.4 cm³/mol. The summed E-state index contributed by atoms with van der Waals surface area (Å²) < 4.78 is 0. The van der Waals surface area contributed by atoms with E-state index in [4.69, 9.17) is 0 Å². The molecule has 0 aromatic heterocycles. The Morgan fingerprint density at radius 1 is 1.38 bits per heavy atom. The van der Waals surface area contributed by atoms with Gasteiger partial charge >= 0.3 is 0 Å². The SMILES string of the molecule is O=C1CC(NCC(=O)N2CCCC2)C(=O)N1. The van der Waals surface area contributed by atoms with Crippen molar-refractivity contribution >= 4 is 17.7 Å². The van der Waals surface area contributed by atoms with Gasteiger partial charge in [0.1, 0.15) is 0 Å². The molecule has 0 radical (unpaired) electrons. The predicted octanol–water partition coefficient (Wildman–Crippen LogP) is -1.39. The molecule has 0 aliphatic carbocycles. The summed E-state index contributed by atoms with van der Waals surface area (Å²) in [5, 5.41) is 5.01. The quantitative estimate of drug-likeness (QED) is 0.580. The number of hydrogen-bond acceptors (Lipinski definition) is 4. The Balaban J connectivity index is 1.76. The van der Waals surface area contributed by atoms with Crippen LogP contribution >= 0.6 is 0 Å². The van der Waals surface area contributed by atoms with Gasteiger partial charge in [-0.25, -0.2) is 0 Å². The van der Waals surface area contributed by atoms with Crippen molar-refractivity contribution in [2.75, 3.05) is 19.6 Å². The zero-order valence-electron chi connectivity index (χ0n) is 8.99. The van der Waals surface area contributed by atoms with Crippen LogP contribution in [0.25, 0.3) is 0 Å². The van der Waals surface area contributed by atoms with E-state index in [0.29, 0.717) is 0 Å². The smallest absolute Gasteiger partial charge is 0.244 e. The average molecular weight is 225 g/mol. The van der Waals surface area contributed by atoms with Crippen molar-refractivity contribution in [3.63, 3.8) is 0 Å². The van der Waals surface area contributed by atoms with Gasteiger partial charge in [0.05, 0.1) is 19.0 Å². The number of nitrogens with zero attached hydrogens (tertiary/aromatic N) is 1. The first-order valence-electron chi connectivity index (χ1n) is 5.51. The molecule has 0 aromatic carbocycles. The third-order valence-corrected chi connectivity index (χ3v) is 2.93. The van der Waals surface area contributed by atoms with E-state index < -0.39 is 6.04 Å².